The molecular formula is C22H19FN4O5. The number of benzene rings is 1. The standard InChI is InChI=1S/C22H19FN4O5/c23-16-3-1-2-4-17(16)27-12-6-18(25-27)24-20(29)21(30)7-9-22(10-8-21)15-13-26(31)11-5-14(15)19(28)32-22/h1-6,11-13,30H,7-10H2,(H,24,25,29)/t21-,22+. The third-order valence-corrected chi connectivity index (χ3v) is 6.17. The van der Waals surface area contributed by atoms with Gasteiger partial charge in [-0.2, -0.15) is 4.73 Å². The lowest BCUT2D eigenvalue weighted by Gasteiger charge is -2.39. The number of carbonyl (C=O) groups is 2. The zero-order chi connectivity index (χ0) is 22.5. The molecule has 1 aliphatic carbocycles. The molecule has 1 spiro atoms. The number of pyridine rings is 1. The third kappa shape index (κ3) is 3.19. The maximum atomic E-state index is 14.0. The molecule has 0 atom stereocenters. The Labute approximate surface area is 181 Å². The summed E-state index contributed by atoms with van der Waals surface area (Å²) >= 11 is 0. The fraction of sp³-hybridized carbons (Fsp3) is 0.273. The molecule has 0 unspecified atom stereocenters. The molecule has 9 nitrogen and oxygen atoms in total. The van der Waals surface area contributed by atoms with Crippen molar-refractivity contribution in [1.29, 1.82) is 0 Å². The van der Waals surface area contributed by atoms with Crippen molar-refractivity contribution in [1.82, 2.24) is 9.78 Å². The number of rotatable bonds is 3. The monoisotopic (exact) mass is 438 g/mol. The topological polar surface area (TPSA) is 120 Å². The van der Waals surface area contributed by atoms with Gasteiger partial charge in [0.25, 0.3) is 5.91 Å². The van der Waals surface area contributed by atoms with Crippen LogP contribution in [0.3, 0.4) is 0 Å². The van der Waals surface area contributed by atoms with Crippen molar-refractivity contribution in [2.45, 2.75) is 36.9 Å². The van der Waals surface area contributed by atoms with E-state index in [0.717, 1.165) is 0 Å². The summed E-state index contributed by atoms with van der Waals surface area (Å²) in [5.74, 6) is -1.47. The Morgan fingerprint density at radius 2 is 1.97 bits per heavy atom. The van der Waals surface area contributed by atoms with Crippen LogP contribution in [0.2, 0.25) is 0 Å². The van der Waals surface area contributed by atoms with Crippen LogP contribution in [-0.2, 0) is 15.1 Å². The second kappa shape index (κ2) is 7.13. The molecule has 1 aromatic carbocycles. The largest absolute Gasteiger partial charge is 0.619 e. The van der Waals surface area contributed by atoms with Crippen LogP contribution in [0.25, 0.3) is 5.69 Å². The van der Waals surface area contributed by atoms with Crippen molar-refractivity contribution in [2.75, 3.05) is 5.32 Å². The molecule has 0 saturated heterocycles. The molecule has 3 heterocycles. The summed E-state index contributed by atoms with van der Waals surface area (Å²) < 4.78 is 21.4. The minimum Gasteiger partial charge on any atom is -0.619 e. The zero-order valence-electron chi connectivity index (χ0n) is 16.8. The van der Waals surface area contributed by atoms with E-state index < -0.39 is 28.9 Å². The molecule has 1 amide bonds. The van der Waals surface area contributed by atoms with Crippen LogP contribution in [0.4, 0.5) is 10.2 Å². The highest BCUT2D eigenvalue weighted by Gasteiger charge is 2.54. The molecule has 164 valence electrons. The molecular weight excluding hydrogens is 419 g/mol. The molecule has 1 aliphatic heterocycles. The number of amides is 1. The van der Waals surface area contributed by atoms with Gasteiger partial charge < -0.3 is 20.4 Å². The number of carbonyl (C=O) groups excluding carboxylic acids is 2. The van der Waals surface area contributed by atoms with Crippen LogP contribution in [0, 0.1) is 11.0 Å². The van der Waals surface area contributed by atoms with Gasteiger partial charge in [-0.15, -0.1) is 5.10 Å². The normalized spacial score (nSPS) is 24.2. The number of hydrogen-bond donors (Lipinski definition) is 2. The van der Waals surface area contributed by atoms with Crippen LogP contribution in [0.1, 0.15) is 41.6 Å². The van der Waals surface area contributed by atoms with E-state index >= 15 is 0 Å². The zero-order valence-corrected chi connectivity index (χ0v) is 16.8. The molecule has 0 radical (unpaired) electrons. The quantitative estimate of drug-likeness (QED) is 0.366. The molecule has 2 aromatic heterocycles. The summed E-state index contributed by atoms with van der Waals surface area (Å²) in [5.41, 5.74) is -1.70. The van der Waals surface area contributed by atoms with Crippen molar-refractivity contribution in [2.24, 2.45) is 0 Å². The highest BCUT2D eigenvalue weighted by molar-refractivity contribution is 5.97. The lowest BCUT2D eigenvalue weighted by molar-refractivity contribution is -0.606. The number of hydrogen-bond acceptors (Lipinski definition) is 6. The van der Waals surface area contributed by atoms with E-state index in [1.54, 1.807) is 18.2 Å². The lowest BCUT2D eigenvalue weighted by atomic mass is 9.73. The minimum atomic E-state index is -1.70. The average molecular weight is 438 g/mol. The predicted molar refractivity (Wildman–Crippen MR) is 108 cm³/mol. The molecule has 32 heavy (non-hydrogen) atoms. The Bertz CT molecular complexity index is 1230. The number of para-hydroxylation sites is 1. The van der Waals surface area contributed by atoms with E-state index in [1.165, 1.54) is 41.5 Å². The second-order valence-electron chi connectivity index (χ2n) is 8.10. The minimum absolute atomic E-state index is 0.0212. The van der Waals surface area contributed by atoms with Gasteiger partial charge in [-0.1, -0.05) is 12.1 Å². The smallest absolute Gasteiger partial charge is 0.339 e. The van der Waals surface area contributed by atoms with E-state index in [2.05, 4.69) is 10.4 Å². The summed E-state index contributed by atoms with van der Waals surface area (Å²) in [7, 11) is 0. The van der Waals surface area contributed by atoms with E-state index in [1.807, 2.05) is 0 Å². The number of aromatic nitrogens is 3. The Balaban J connectivity index is 1.31. The summed E-state index contributed by atoms with van der Waals surface area (Å²) in [6.45, 7) is 0. The van der Waals surface area contributed by atoms with Gasteiger partial charge in [0.05, 0.1) is 11.1 Å². The van der Waals surface area contributed by atoms with Crippen LogP contribution < -0.4 is 10.0 Å². The second-order valence-corrected chi connectivity index (χ2v) is 8.10. The van der Waals surface area contributed by atoms with Crippen LogP contribution in [0.5, 0.6) is 0 Å². The van der Waals surface area contributed by atoms with Crippen molar-refractivity contribution < 1.29 is 28.6 Å². The van der Waals surface area contributed by atoms with Gasteiger partial charge in [0, 0.05) is 18.3 Å². The Hall–Kier alpha value is -3.79. The summed E-state index contributed by atoms with van der Waals surface area (Å²) in [5, 5.41) is 29.4. The first kappa shape index (κ1) is 20.1. The molecule has 1 fully saturated rings. The number of aliphatic hydroxyl groups is 1. The Morgan fingerprint density at radius 3 is 2.72 bits per heavy atom. The van der Waals surface area contributed by atoms with E-state index in [-0.39, 0.29) is 37.2 Å². The number of fused-ring (bicyclic) bond motifs is 2. The highest BCUT2D eigenvalue weighted by Crippen LogP contribution is 2.48. The molecule has 0 bridgehead atoms. The number of ether oxygens (including phenoxy) is 1. The van der Waals surface area contributed by atoms with E-state index in [0.29, 0.717) is 15.9 Å². The summed E-state index contributed by atoms with van der Waals surface area (Å²) in [6, 6.07) is 9.00. The van der Waals surface area contributed by atoms with Gasteiger partial charge in [-0.25, -0.2) is 13.9 Å². The van der Waals surface area contributed by atoms with Crippen molar-refractivity contribution in [3.05, 3.63) is 77.1 Å². The van der Waals surface area contributed by atoms with Crippen molar-refractivity contribution >= 4 is 17.7 Å². The van der Waals surface area contributed by atoms with Gasteiger partial charge in [0.2, 0.25) is 0 Å². The maximum Gasteiger partial charge on any atom is 0.339 e. The Kier molecular flexibility index (Phi) is 4.48. The first-order valence-electron chi connectivity index (χ1n) is 10.1. The van der Waals surface area contributed by atoms with Crippen LogP contribution in [-0.4, -0.2) is 32.4 Å². The summed E-state index contributed by atoms with van der Waals surface area (Å²) in [4.78, 5) is 25.0. The van der Waals surface area contributed by atoms with Crippen molar-refractivity contribution in [3.8, 4) is 5.69 Å². The molecule has 10 heteroatoms. The van der Waals surface area contributed by atoms with Crippen molar-refractivity contribution in [3.63, 3.8) is 0 Å². The van der Waals surface area contributed by atoms with Gasteiger partial charge in [-0.3, -0.25) is 4.79 Å². The van der Waals surface area contributed by atoms with Gasteiger partial charge in [0.15, 0.2) is 18.2 Å². The number of anilines is 1. The number of esters is 1. The molecule has 2 N–H and O–H groups in total. The first-order valence-corrected chi connectivity index (χ1v) is 10.1. The first-order chi connectivity index (χ1) is 15.3. The Morgan fingerprint density at radius 1 is 1.22 bits per heavy atom. The fourth-order valence-electron chi connectivity index (χ4n) is 4.37. The molecule has 2 aliphatic rings. The average Bonchev–Trinajstić information content (AvgIpc) is 3.33. The number of nitrogens with zero attached hydrogens (tertiary/aromatic N) is 3. The lowest BCUT2D eigenvalue weighted by Crippen LogP contribution is -2.49. The van der Waals surface area contributed by atoms with Crippen LogP contribution in [0.15, 0.2) is 55.0 Å². The molecule has 1 saturated carbocycles. The number of nitrogens with one attached hydrogen (secondary N) is 1. The van der Waals surface area contributed by atoms with E-state index in [9.17, 15) is 24.3 Å². The van der Waals surface area contributed by atoms with Crippen LogP contribution >= 0.6 is 0 Å². The highest BCUT2D eigenvalue weighted by atomic mass is 19.1. The maximum absolute atomic E-state index is 14.0. The summed E-state index contributed by atoms with van der Waals surface area (Å²) in [6.07, 6.45) is 4.45. The SMILES string of the molecule is O=C1O[C@]2(CC[C@](O)(C(=O)Nc3ccn(-c4ccccc4F)n3)CC2)c2c[n+]([O-])ccc21. The van der Waals surface area contributed by atoms with Gasteiger partial charge in [-0.05, 0) is 37.8 Å². The molecule has 3 aromatic rings. The van der Waals surface area contributed by atoms with Gasteiger partial charge in [0.1, 0.15) is 22.7 Å². The predicted octanol–water partition coefficient (Wildman–Crippen LogP) is 1.95. The fourth-order valence-corrected chi connectivity index (χ4v) is 4.37. The third-order valence-electron chi connectivity index (χ3n) is 6.17. The molecule has 5 rings (SSSR count). The van der Waals surface area contributed by atoms with E-state index in [4.69, 9.17) is 4.74 Å². The van der Waals surface area contributed by atoms with Gasteiger partial charge >= 0.3 is 5.97 Å². The number of halogens is 1.